The van der Waals surface area contributed by atoms with Crippen LogP contribution in [-0.2, 0) is 9.59 Å². The van der Waals surface area contributed by atoms with E-state index in [-0.39, 0.29) is 11.8 Å². The Kier molecular flexibility index (Phi) is 18.5. The lowest BCUT2D eigenvalue weighted by Crippen LogP contribution is -2.34. The van der Waals surface area contributed by atoms with Crippen LogP contribution in [0.1, 0.15) is 192 Å². The van der Waals surface area contributed by atoms with E-state index in [0.717, 1.165) is 46.8 Å². The van der Waals surface area contributed by atoms with E-state index >= 15 is 9.59 Å². The second-order valence-corrected chi connectivity index (χ2v) is 21.4. The van der Waals surface area contributed by atoms with Crippen LogP contribution >= 0.6 is 45.3 Å². The average molecular weight is 861 g/mol. The quantitative estimate of drug-likeness (QED) is 0.0490. The molecule has 2 aliphatic heterocycles. The van der Waals surface area contributed by atoms with Crippen molar-refractivity contribution >= 4 is 87.4 Å². The van der Waals surface area contributed by atoms with Crippen molar-refractivity contribution < 1.29 is 9.59 Å². The predicted molar refractivity (Wildman–Crippen MR) is 257 cm³/mol. The van der Waals surface area contributed by atoms with Gasteiger partial charge in [-0.2, -0.15) is 0 Å². The van der Waals surface area contributed by atoms with Crippen LogP contribution in [0.15, 0.2) is 46.2 Å². The molecule has 0 aliphatic carbocycles. The van der Waals surface area contributed by atoms with Crippen molar-refractivity contribution in [3.05, 3.63) is 55.9 Å². The largest absolute Gasteiger partial charge is 0.306 e. The van der Waals surface area contributed by atoms with Crippen molar-refractivity contribution in [2.24, 2.45) is 11.8 Å². The molecule has 0 radical (unpaired) electrons. The van der Waals surface area contributed by atoms with Crippen molar-refractivity contribution in [2.45, 2.75) is 182 Å². The van der Waals surface area contributed by atoms with E-state index in [1.807, 2.05) is 0 Å². The number of carbonyl (C=O) groups is 2. The Morgan fingerprint density at radius 2 is 0.776 bits per heavy atom. The predicted octanol–water partition coefficient (Wildman–Crippen LogP) is 16.7. The number of rotatable bonds is 30. The molecule has 0 saturated heterocycles. The first kappa shape index (κ1) is 45.3. The summed E-state index contributed by atoms with van der Waals surface area (Å²) in [6.45, 7) is 10.5. The van der Waals surface area contributed by atoms with E-state index in [9.17, 15) is 0 Å². The van der Waals surface area contributed by atoms with Crippen LogP contribution in [0.4, 0.5) is 0 Å². The van der Waals surface area contributed by atoms with Crippen molar-refractivity contribution in [3.8, 4) is 0 Å². The number of thiophene rings is 4. The Balaban J connectivity index is 1.37. The van der Waals surface area contributed by atoms with Crippen LogP contribution in [0.5, 0.6) is 0 Å². The lowest BCUT2D eigenvalue weighted by Gasteiger charge is -2.29. The molecule has 318 valence electrons. The summed E-state index contributed by atoms with van der Waals surface area (Å²) in [5.74, 6) is 0.965. The molecule has 2 atom stereocenters. The normalized spacial score (nSPS) is 15.7. The smallest absolute Gasteiger partial charge is 0.261 e. The molecule has 2 unspecified atom stereocenters. The molecule has 2 aliphatic rings. The fourth-order valence-corrected chi connectivity index (χ4v) is 13.7. The van der Waals surface area contributed by atoms with E-state index in [0.29, 0.717) is 36.1 Å². The Bertz CT molecular complexity index is 1740. The van der Waals surface area contributed by atoms with Gasteiger partial charge in [-0.05, 0) is 72.5 Å². The SMILES string of the molecule is CCCCCCCCC(CCCCCC)CN1C(=O)C2=C(c3cc4sccc4s3)N(CC(CCCCCC)CCCCCCCC)C(=O)C2=C1c1cc2sccc2s1. The Labute approximate surface area is 367 Å². The summed E-state index contributed by atoms with van der Waals surface area (Å²) >= 11 is 7.04. The molecule has 2 amide bonds. The van der Waals surface area contributed by atoms with Crippen LogP contribution < -0.4 is 0 Å². The molecule has 0 bridgehead atoms. The molecule has 58 heavy (non-hydrogen) atoms. The summed E-state index contributed by atoms with van der Waals surface area (Å²) in [7, 11) is 0. The number of carbonyl (C=O) groups excluding carboxylic acids is 2. The third-order valence-corrected chi connectivity index (χ3v) is 16.9. The highest BCUT2D eigenvalue weighted by atomic mass is 32.1. The molecule has 4 aromatic rings. The Hall–Kier alpha value is -2.26. The second kappa shape index (κ2) is 23.7. The highest BCUT2D eigenvalue weighted by molar-refractivity contribution is 7.28. The Morgan fingerprint density at radius 1 is 0.448 bits per heavy atom. The first-order valence-electron chi connectivity index (χ1n) is 23.6. The monoisotopic (exact) mass is 860 g/mol. The zero-order chi connectivity index (χ0) is 40.7. The van der Waals surface area contributed by atoms with Gasteiger partial charge in [0, 0.05) is 31.9 Å². The number of hydrogen-bond donors (Lipinski definition) is 0. The standard InChI is InChI=1S/C50H72N2O2S4/c1-5-9-13-17-19-23-27-37(25-21-15-11-7-3)35-51-47(43-33-41-39(57-43)29-31-55-41)45-46(49(51)53)48(44-34-42-40(58-44)30-32-56-42)52(50(45)54)36-38(26-22-16-12-8-4)28-24-20-18-14-10-6-2/h29-34,37-38H,5-28,35-36H2,1-4H3. The molecule has 6 rings (SSSR count). The fraction of sp³-hybridized carbons (Fsp3) is 0.640. The van der Waals surface area contributed by atoms with Gasteiger partial charge in [-0.15, -0.1) is 45.3 Å². The third-order valence-electron chi connectivity index (χ3n) is 12.7. The molecule has 4 nitrogen and oxygen atoms in total. The lowest BCUT2D eigenvalue weighted by atomic mass is 9.93. The first-order chi connectivity index (χ1) is 28.5. The van der Waals surface area contributed by atoms with Crippen LogP contribution in [-0.4, -0.2) is 34.7 Å². The van der Waals surface area contributed by atoms with Crippen LogP contribution in [0.25, 0.3) is 30.2 Å². The lowest BCUT2D eigenvalue weighted by molar-refractivity contribution is -0.124. The maximum Gasteiger partial charge on any atom is 0.261 e. The third kappa shape index (κ3) is 11.6. The van der Waals surface area contributed by atoms with Gasteiger partial charge in [0.2, 0.25) is 0 Å². The van der Waals surface area contributed by atoms with Gasteiger partial charge in [-0.3, -0.25) is 9.59 Å². The summed E-state index contributed by atoms with van der Waals surface area (Å²) in [5.41, 5.74) is 3.15. The number of unbranched alkanes of at least 4 members (excludes halogenated alkanes) is 16. The molecule has 8 heteroatoms. The summed E-state index contributed by atoms with van der Waals surface area (Å²) in [4.78, 5) is 37.2. The van der Waals surface area contributed by atoms with Gasteiger partial charge in [0.15, 0.2) is 0 Å². The van der Waals surface area contributed by atoms with Crippen LogP contribution in [0.3, 0.4) is 0 Å². The minimum atomic E-state index is 0.0567. The zero-order valence-corrected chi connectivity index (χ0v) is 39.6. The molecular weight excluding hydrogens is 789 g/mol. The molecule has 0 aromatic carbocycles. The zero-order valence-electron chi connectivity index (χ0n) is 36.3. The maximum absolute atomic E-state index is 15.4. The van der Waals surface area contributed by atoms with E-state index < -0.39 is 0 Å². The second-order valence-electron chi connectivity index (χ2n) is 17.3. The van der Waals surface area contributed by atoms with Gasteiger partial charge in [0.25, 0.3) is 11.8 Å². The molecule has 4 aromatic heterocycles. The van der Waals surface area contributed by atoms with Gasteiger partial charge in [-0.25, -0.2) is 0 Å². The van der Waals surface area contributed by atoms with Crippen LogP contribution in [0.2, 0.25) is 0 Å². The fourth-order valence-electron chi connectivity index (χ4n) is 9.34. The number of nitrogens with zero attached hydrogens (tertiary/aromatic N) is 2. The van der Waals surface area contributed by atoms with Crippen molar-refractivity contribution in [1.29, 1.82) is 0 Å². The minimum absolute atomic E-state index is 0.0567. The first-order valence-corrected chi connectivity index (χ1v) is 27.0. The summed E-state index contributed by atoms with van der Waals surface area (Å²) in [6.07, 6.45) is 29.9. The van der Waals surface area contributed by atoms with Gasteiger partial charge in [-0.1, -0.05) is 156 Å². The molecule has 0 saturated carbocycles. The molecular formula is C50H72N2O2S4. The van der Waals surface area contributed by atoms with Gasteiger partial charge >= 0.3 is 0 Å². The highest BCUT2D eigenvalue weighted by Crippen LogP contribution is 2.51. The topological polar surface area (TPSA) is 40.6 Å². The number of hydrogen-bond acceptors (Lipinski definition) is 6. The van der Waals surface area contributed by atoms with Crippen molar-refractivity contribution in [1.82, 2.24) is 9.80 Å². The summed E-state index contributed by atoms with van der Waals surface area (Å²) < 4.78 is 4.97. The van der Waals surface area contributed by atoms with Gasteiger partial charge < -0.3 is 9.80 Å². The number of amides is 2. The Morgan fingerprint density at radius 3 is 1.12 bits per heavy atom. The molecule has 6 heterocycles. The average Bonchev–Trinajstić information content (AvgIpc) is 4.07. The summed E-state index contributed by atoms with van der Waals surface area (Å²) in [5, 5.41) is 4.32. The van der Waals surface area contributed by atoms with Gasteiger partial charge in [0.1, 0.15) is 0 Å². The van der Waals surface area contributed by atoms with Gasteiger partial charge in [0.05, 0.1) is 32.3 Å². The van der Waals surface area contributed by atoms with E-state index in [1.165, 1.54) is 147 Å². The minimum Gasteiger partial charge on any atom is -0.306 e. The van der Waals surface area contributed by atoms with E-state index in [4.69, 9.17) is 0 Å². The molecule has 0 spiro atoms. The van der Waals surface area contributed by atoms with E-state index in [1.54, 1.807) is 45.3 Å². The molecule has 0 N–H and O–H groups in total. The van der Waals surface area contributed by atoms with E-state index in [2.05, 4.69) is 72.5 Å². The maximum atomic E-state index is 15.4. The van der Waals surface area contributed by atoms with Crippen molar-refractivity contribution in [3.63, 3.8) is 0 Å². The number of fused-ring (bicyclic) bond motifs is 3. The summed E-state index contributed by atoms with van der Waals surface area (Å²) in [6, 6.07) is 8.94. The molecule has 0 fully saturated rings. The highest BCUT2D eigenvalue weighted by Gasteiger charge is 2.50. The van der Waals surface area contributed by atoms with Crippen molar-refractivity contribution in [2.75, 3.05) is 13.1 Å². The van der Waals surface area contributed by atoms with Crippen LogP contribution in [0, 0.1) is 11.8 Å².